The van der Waals surface area contributed by atoms with Crippen LogP contribution in [0.2, 0.25) is 0 Å². The van der Waals surface area contributed by atoms with E-state index in [4.69, 9.17) is 0 Å². The Morgan fingerprint density at radius 2 is 2.10 bits per heavy atom. The zero-order valence-electron chi connectivity index (χ0n) is 11.3. The van der Waals surface area contributed by atoms with Crippen molar-refractivity contribution >= 4 is 42.4 Å². The first kappa shape index (κ1) is 16.3. The predicted molar refractivity (Wildman–Crippen MR) is 83.4 cm³/mol. The van der Waals surface area contributed by atoms with Gasteiger partial charge < -0.3 is 0 Å². The fourth-order valence-corrected chi connectivity index (χ4v) is 3.98. The summed E-state index contributed by atoms with van der Waals surface area (Å²) in [6.45, 7) is 4.08. The smallest absolute Gasteiger partial charge is 0.253 e. The Hall–Kier alpha value is -1.06. The molecule has 1 aromatic carbocycles. The summed E-state index contributed by atoms with van der Waals surface area (Å²) >= 11 is 4.15. The van der Waals surface area contributed by atoms with Crippen molar-refractivity contribution in [1.29, 1.82) is 0 Å². The van der Waals surface area contributed by atoms with Crippen molar-refractivity contribution in [2.75, 3.05) is 4.72 Å². The normalized spacial score (nSPS) is 11.9. The molecule has 9 heteroatoms. The molecule has 21 heavy (non-hydrogen) atoms. The van der Waals surface area contributed by atoms with E-state index in [1.807, 2.05) is 13.8 Å². The van der Waals surface area contributed by atoms with Crippen LogP contribution in [0, 0.1) is 11.7 Å². The van der Waals surface area contributed by atoms with Gasteiger partial charge in [-0.15, -0.1) is 10.2 Å². The lowest BCUT2D eigenvalue weighted by atomic mass is 10.1. The van der Waals surface area contributed by atoms with Gasteiger partial charge in [-0.2, -0.15) is 0 Å². The van der Waals surface area contributed by atoms with E-state index in [0.29, 0.717) is 5.92 Å². The van der Waals surface area contributed by atoms with Crippen molar-refractivity contribution in [2.45, 2.75) is 25.2 Å². The molecule has 0 aliphatic rings. The van der Waals surface area contributed by atoms with Gasteiger partial charge in [0.15, 0.2) is 0 Å². The van der Waals surface area contributed by atoms with E-state index in [1.54, 1.807) is 0 Å². The number of anilines is 1. The third-order valence-corrected chi connectivity index (χ3v) is 5.44. The minimum Gasteiger partial charge on any atom is -0.253 e. The largest absolute Gasteiger partial charge is 0.263 e. The topological polar surface area (TPSA) is 72.0 Å². The van der Waals surface area contributed by atoms with Gasteiger partial charge in [0.2, 0.25) is 5.13 Å². The molecule has 0 atom stereocenters. The highest BCUT2D eigenvalue weighted by atomic mass is 79.9. The highest BCUT2D eigenvalue weighted by Crippen LogP contribution is 2.24. The van der Waals surface area contributed by atoms with Gasteiger partial charge in [-0.05, 0) is 40.0 Å². The van der Waals surface area contributed by atoms with Crippen LogP contribution in [0.15, 0.2) is 27.6 Å². The van der Waals surface area contributed by atoms with E-state index in [-0.39, 0.29) is 14.5 Å². The van der Waals surface area contributed by atoms with Gasteiger partial charge in [-0.3, -0.25) is 4.72 Å². The Bertz CT molecular complexity index is 747. The van der Waals surface area contributed by atoms with Crippen molar-refractivity contribution in [3.63, 3.8) is 0 Å². The lowest BCUT2D eigenvalue weighted by Gasteiger charge is -2.05. The maximum atomic E-state index is 13.4. The number of benzene rings is 1. The summed E-state index contributed by atoms with van der Waals surface area (Å²) in [7, 11) is -3.87. The fourth-order valence-electron chi connectivity index (χ4n) is 1.54. The van der Waals surface area contributed by atoms with Gasteiger partial charge in [0, 0.05) is 6.42 Å². The SMILES string of the molecule is CC(C)Cc1nnc(NS(=O)(=O)c2ccc(Br)c(F)c2)s1. The quantitative estimate of drug-likeness (QED) is 0.844. The first-order valence-electron chi connectivity index (χ1n) is 6.08. The molecular weight excluding hydrogens is 381 g/mol. The molecular formula is C12H13BrFN3O2S2. The standard InChI is InChI=1S/C12H13BrFN3O2S2/c1-7(2)5-11-15-16-12(20-11)17-21(18,19)8-3-4-9(13)10(14)6-8/h3-4,6-7H,5H2,1-2H3,(H,16,17). The first-order valence-corrected chi connectivity index (χ1v) is 9.17. The zero-order chi connectivity index (χ0) is 15.6. The maximum absolute atomic E-state index is 13.4. The predicted octanol–water partition coefficient (Wildman–Crippen LogP) is 3.44. The molecule has 1 aromatic heterocycles. The van der Waals surface area contributed by atoms with E-state index >= 15 is 0 Å². The third kappa shape index (κ3) is 4.21. The van der Waals surface area contributed by atoms with Crippen molar-refractivity contribution in [2.24, 2.45) is 5.92 Å². The molecule has 5 nitrogen and oxygen atoms in total. The number of halogens is 2. The summed E-state index contributed by atoms with van der Waals surface area (Å²) in [6.07, 6.45) is 0.728. The average Bonchev–Trinajstić information content (AvgIpc) is 2.78. The van der Waals surface area contributed by atoms with Crippen LogP contribution in [0.1, 0.15) is 18.9 Å². The summed E-state index contributed by atoms with van der Waals surface area (Å²) in [4.78, 5) is -0.163. The van der Waals surface area contributed by atoms with E-state index in [9.17, 15) is 12.8 Å². The second-order valence-corrected chi connectivity index (χ2v) is 8.38. The lowest BCUT2D eigenvalue weighted by molar-refractivity contribution is 0.593. The molecule has 2 aromatic rings. The summed E-state index contributed by atoms with van der Waals surface area (Å²) < 4.78 is 40.2. The van der Waals surface area contributed by atoms with Crippen molar-refractivity contribution in [3.05, 3.63) is 33.5 Å². The second kappa shape index (κ2) is 6.37. The van der Waals surface area contributed by atoms with Gasteiger partial charge in [-0.1, -0.05) is 25.2 Å². The number of nitrogens with zero attached hydrogens (tertiary/aromatic N) is 2. The summed E-state index contributed by atoms with van der Waals surface area (Å²) in [5.41, 5.74) is 0. The number of hydrogen-bond acceptors (Lipinski definition) is 5. The molecule has 0 amide bonds. The van der Waals surface area contributed by atoms with Crippen LogP contribution in [0.5, 0.6) is 0 Å². The van der Waals surface area contributed by atoms with Crippen LogP contribution in [0.4, 0.5) is 9.52 Å². The number of hydrogen-bond donors (Lipinski definition) is 1. The van der Waals surface area contributed by atoms with Crippen LogP contribution < -0.4 is 4.72 Å². The van der Waals surface area contributed by atoms with Crippen LogP contribution in [0.25, 0.3) is 0 Å². The Morgan fingerprint density at radius 3 is 2.71 bits per heavy atom. The molecule has 0 spiro atoms. The van der Waals surface area contributed by atoms with Gasteiger partial charge in [0.1, 0.15) is 10.8 Å². The number of rotatable bonds is 5. The molecule has 1 heterocycles. The average molecular weight is 394 g/mol. The van der Waals surface area contributed by atoms with Crippen molar-refractivity contribution in [1.82, 2.24) is 10.2 Å². The Morgan fingerprint density at radius 1 is 1.38 bits per heavy atom. The molecule has 0 radical (unpaired) electrons. The highest BCUT2D eigenvalue weighted by Gasteiger charge is 2.18. The van der Waals surface area contributed by atoms with Gasteiger partial charge >= 0.3 is 0 Å². The molecule has 2 rings (SSSR count). The molecule has 0 saturated heterocycles. The van der Waals surface area contributed by atoms with Crippen molar-refractivity contribution < 1.29 is 12.8 Å². The van der Waals surface area contributed by atoms with E-state index in [1.165, 1.54) is 23.5 Å². The molecule has 0 aliphatic carbocycles. The summed E-state index contributed by atoms with van der Waals surface area (Å²) in [5, 5.41) is 8.65. The Labute approximate surface area is 134 Å². The maximum Gasteiger partial charge on any atom is 0.263 e. The van der Waals surface area contributed by atoms with Crippen LogP contribution >= 0.6 is 27.3 Å². The lowest BCUT2D eigenvalue weighted by Crippen LogP contribution is -2.13. The number of nitrogens with one attached hydrogen (secondary N) is 1. The van der Waals surface area contributed by atoms with E-state index in [0.717, 1.165) is 17.5 Å². The fraction of sp³-hybridized carbons (Fsp3) is 0.333. The van der Waals surface area contributed by atoms with Crippen LogP contribution in [0.3, 0.4) is 0 Å². The van der Waals surface area contributed by atoms with Gasteiger partial charge in [0.05, 0.1) is 9.37 Å². The van der Waals surface area contributed by atoms with E-state index < -0.39 is 15.8 Å². The Balaban J connectivity index is 2.20. The number of aromatic nitrogens is 2. The minimum absolute atomic E-state index is 0.163. The van der Waals surface area contributed by atoms with E-state index in [2.05, 4.69) is 30.8 Å². The Kier molecular flexibility index (Phi) is 4.95. The van der Waals surface area contributed by atoms with Crippen LogP contribution in [-0.4, -0.2) is 18.6 Å². The van der Waals surface area contributed by atoms with Crippen LogP contribution in [-0.2, 0) is 16.4 Å². The number of sulfonamides is 1. The molecule has 0 fully saturated rings. The van der Waals surface area contributed by atoms with Crippen molar-refractivity contribution in [3.8, 4) is 0 Å². The third-order valence-electron chi connectivity index (χ3n) is 2.47. The molecule has 1 N–H and O–H groups in total. The molecule has 0 aliphatic heterocycles. The minimum atomic E-state index is -3.87. The first-order chi connectivity index (χ1) is 9.78. The zero-order valence-corrected chi connectivity index (χ0v) is 14.5. The molecule has 0 bridgehead atoms. The molecule has 0 saturated carbocycles. The molecule has 0 unspecified atom stereocenters. The molecule has 114 valence electrons. The highest BCUT2D eigenvalue weighted by molar-refractivity contribution is 9.10. The monoisotopic (exact) mass is 393 g/mol. The summed E-state index contributed by atoms with van der Waals surface area (Å²) in [5.74, 6) is -0.237. The van der Waals surface area contributed by atoms with Gasteiger partial charge in [0.25, 0.3) is 10.0 Å². The second-order valence-electron chi connectivity index (χ2n) is 4.78. The van der Waals surface area contributed by atoms with Gasteiger partial charge in [-0.25, -0.2) is 12.8 Å². The summed E-state index contributed by atoms with van der Waals surface area (Å²) in [6, 6.07) is 3.60.